The fraction of sp³-hybridized carbons (Fsp3) is 0.111. The maximum atomic E-state index is 5.48. The van der Waals surface area contributed by atoms with E-state index in [2.05, 4.69) is 67.6 Å². The van der Waals surface area contributed by atoms with Crippen molar-refractivity contribution in [3.05, 3.63) is 64.2 Å². The topological polar surface area (TPSA) is 9.23 Å². The van der Waals surface area contributed by atoms with E-state index in [-0.39, 0.29) is 0 Å². The summed E-state index contributed by atoms with van der Waals surface area (Å²) < 4.78 is 5.48. The molecule has 1 heteroatoms. The van der Waals surface area contributed by atoms with Crippen molar-refractivity contribution in [3.8, 4) is 5.75 Å². The van der Waals surface area contributed by atoms with E-state index >= 15 is 0 Å². The molecule has 0 saturated carbocycles. The smallest absolute Gasteiger partial charge is 0.126 e. The third kappa shape index (κ3) is 2.32. The number of ether oxygens (including phenoxy) is 1. The molecule has 4 aliphatic rings. The Morgan fingerprint density at radius 3 is 1.89 bits per heavy atom. The number of hydrogen-bond acceptors (Lipinski definition) is 1. The van der Waals surface area contributed by atoms with Crippen LogP contribution in [0.1, 0.15) is 27.8 Å². The van der Waals surface area contributed by atoms with Crippen LogP contribution in [0.25, 0.3) is 24.3 Å². The van der Waals surface area contributed by atoms with Crippen molar-refractivity contribution in [2.45, 2.75) is 6.92 Å². The zero-order valence-corrected chi connectivity index (χ0v) is 11.2. The molecular weight excluding hydrogens is 232 g/mol. The summed E-state index contributed by atoms with van der Waals surface area (Å²) in [6, 6.07) is 12.8. The van der Waals surface area contributed by atoms with Crippen molar-refractivity contribution >= 4 is 24.3 Å². The maximum Gasteiger partial charge on any atom is 0.126 e. The molecule has 4 bridgehead atoms. The lowest BCUT2D eigenvalue weighted by Crippen LogP contribution is -1.91. The Hall–Kier alpha value is -2.28. The number of aryl methyl sites for hydroxylation is 1. The van der Waals surface area contributed by atoms with Crippen molar-refractivity contribution in [2.24, 2.45) is 0 Å². The van der Waals surface area contributed by atoms with Crippen molar-refractivity contribution in [3.63, 3.8) is 0 Å². The second-order valence-corrected chi connectivity index (χ2v) is 4.78. The van der Waals surface area contributed by atoms with E-state index in [1.807, 2.05) is 0 Å². The van der Waals surface area contributed by atoms with Crippen molar-refractivity contribution in [1.29, 1.82) is 0 Å². The molecule has 0 unspecified atom stereocenters. The third-order valence-corrected chi connectivity index (χ3v) is 3.47. The molecule has 2 aromatic carbocycles. The largest absolute Gasteiger partial charge is 0.496 e. The first-order valence-corrected chi connectivity index (χ1v) is 6.41. The maximum absolute atomic E-state index is 5.48. The van der Waals surface area contributed by atoms with E-state index in [0.29, 0.717) is 0 Å². The van der Waals surface area contributed by atoms with Crippen LogP contribution in [0.15, 0.2) is 36.4 Å². The van der Waals surface area contributed by atoms with Gasteiger partial charge in [0.15, 0.2) is 0 Å². The first-order chi connectivity index (χ1) is 9.26. The summed E-state index contributed by atoms with van der Waals surface area (Å²) in [5.41, 5.74) is 5.97. The highest BCUT2D eigenvalue weighted by atomic mass is 16.5. The van der Waals surface area contributed by atoms with Crippen molar-refractivity contribution in [2.75, 3.05) is 7.11 Å². The standard InChI is InChI=1S/C18H16O/c1-13-11-17-10-8-15-5-3-14(4-6-15)7-9-16(13)12-18(17)19-2/h3-12H,1-2H3/b9-7?,10-8-,14-7?,15-8?,16-9?,17-10?. The average Bonchev–Trinajstić information content (AvgIpc) is 2.43. The minimum Gasteiger partial charge on any atom is -0.496 e. The van der Waals surface area contributed by atoms with Gasteiger partial charge >= 0.3 is 0 Å². The van der Waals surface area contributed by atoms with Crippen LogP contribution in [0.5, 0.6) is 5.75 Å². The quantitative estimate of drug-likeness (QED) is 0.608. The van der Waals surface area contributed by atoms with E-state index in [9.17, 15) is 0 Å². The van der Waals surface area contributed by atoms with Gasteiger partial charge < -0.3 is 4.74 Å². The van der Waals surface area contributed by atoms with Gasteiger partial charge in [0.2, 0.25) is 0 Å². The highest BCUT2D eigenvalue weighted by molar-refractivity contribution is 5.79. The van der Waals surface area contributed by atoms with Crippen molar-refractivity contribution in [1.82, 2.24) is 0 Å². The molecule has 1 nitrogen and oxygen atoms in total. The van der Waals surface area contributed by atoms with E-state index in [0.717, 1.165) is 11.3 Å². The second kappa shape index (κ2) is 4.77. The fourth-order valence-corrected chi connectivity index (χ4v) is 2.30. The van der Waals surface area contributed by atoms with Gasteiger partial charge in [0.05, 0.1) is 7.11 Å². The Labute approximate surface area is 113 Å². The molecule has 4 aliphatic carbocycles. The van der Waals surface area contributed by atoms with Crippen LogP contribution in [0.4, 0.5) is 0 Å². The van der Waals surface area contributed by atoms with Crippen LogP contribution in [0.3, 0.4) is 0 Å². The molecule has 0 spiro atoms. The van der Waals surface area contributed by atoms with Gasteiger partial charge in [-0.2, -0.15) is 0 Å². The van der Waals surface area contributed by atoms with Gasteiger partial charge in [0.25, 0.3) is 0 Å². The lowest BCUT2D eigenvalue weighted by Gasteiger charge is -2.10. The summed E-state index contributed by atoms with van der Waals surface area (Å²) in [6.07, 6.45) is 8.50. The molecule has 0 saturated heterocycles. The lowest BCUT2D eigenvalue weighted by atomic mass is 10.00. The van der Waals surface area contributed by atoms with Gasteiger partial charge in [0, 0.05) is 5.56 Å². The minimum atomic E-state index is 0.913. The van der Waals surface area contributed by atoms with Crippen LogP contribution in [0.2, 0.25) is 0 Å². The monoisotopic (exact) mass is 248 g/mol. The molecule has 0 atom stereocenters. The van der Waals surface area contributed by atoms with Gasteiger partial charge in [-0.25, -0.2) is 0 Å². The highest BCUT2D eigenvalue weighted by Crippen LogP contribution is 2.27. The molecule has 2 aromatic rings. The molecule has 19 heavy (non-hydrogen) atoms. The Morgan fingerprint density at radius 1 is 0.737 bits per heavy atom. The highest BCUT2D eigenvalue weighted by Gasteiger charge is 2.05. The second-order valence-electron chi connectivity index (χ2n) is 4.78. The first kappa shape index (κ1) is 11.8. The van der Waals surface area contributed by atoms with E-state index in [1.54, 1.807) is 7.11 Å². The SMILES string of the molecule is COc1cc2c(C)cc1/C=C\c1ccc(cc1)C=C2. The van der Waals surface area contributed by atoms with Crippen LogP contribution >= 0.6 is 0 Å². The zero-order chi connectivity index (χ0) is 13.2. The van der Waals surface area contributed by atoms with Gasteiger partial charge in [-0.1, -0.05) is 48.6 Å². The molecule has 0 amide bonds. The Balaban J connectivity index is 2.24. The van der Waals surface area contributed by atoms with Gasteiger partial charge in [-0.3, -0.25) is 0 Å². The van der Waals surface area contributed by atoms with Gasteiger partial charge in [0.1, 0.15) is 5.75 Å². The van der Waals surface area contributed by atoms with Gasteiger partial charge in [-0.15, -0.1) is 0 Å². The molecule has 0 fully saturated rings. The first-order valence-electron chi connectivity index (χ1n) is 6.41. The molecule has 94 valence electrons. The predicted molar refractivity (Wildman–Crippen MR) is 82.0 cm³/mol. The zero-order valence-electron chi connectivity index (χ0n) is 11.2. The predicted octanol–water partition coefficient (Wildman–Crippen LogP) is 4.66. The van der Waals surface area contributed by atoms with E-state index < -0.39 is 0 Å². The Morgan fingerprint density at radius 2 is 1.32 bits per heavy atom. The van der Waals surface area contributed by atoms with Crippen LogP contribution in [0, 0.1) is 6.92 Å². The molecule has 0 radical (unpaired) electrons. The molecular formula is C18H16O. The molecule has 0 heterocycles. The summed E-state index contributed by atoms with van der Waals surface area (Å²) in [5, 5.41) is 0. The summed E-state index contributed by atoms with van der Waals surface area (Å²) in [7, 11) is 1.72. The van der Waals surface area contributed by atoms with Crippen molar-refractivity contribution < 1.29 is 4.74 Å². The molecule has 0 aliphatic heterocycles. The van der Waals surface area contributed by atoms with E-state index in [4.69, 9.17) is 4.74 Å². The third-order valence-electron chi connectivity index (χ3n) is 3.47. The average molecular weight is 248 g/mol. The van der Waals surface area contributed by atoms with Gasteiger partial charge in [-0.05, 0) is 41.3 Å². The van der Waals surface area contributed by atoms with Crippen LogP contribution < -0.4 is 4.74 Å². The summed E-state index contributed by atoms with van der Waals surface area (Å²) in [6.45, 7) is 2.13. The number of hydrogen-bond donors (Lipinski definition) is 0. The van der Waals surface area contributed by atoms with Crippen LogP contribution in [-0.2, 0) is 0 Å². The summed E-state index contributed by atoms with van der Waals surface area (Å²) in [5.74, 6) is 0.913. The minimum absolute atomic E-state index is 0.913. The molecule has 0 aromatic heterocycles. The molecule has 6 rings (SSSR count). The normalized spacial score (nSPS) is 14.0. The fourth-order valence-electron chi connectivity index (χ4n) is 2.30. The van der Waals surface area contributed by atoms with Crippen LogP contribution in [-0.4, -0.2) is 7.11 Å². The number of methoxy groups -OCH3 is 1. The Kier molecular flexibility index (Phi) is 2.96. The van der Waals surface area contributed by atoms with E-state index in [1.165, 1.54) is 22.3 Å². The summed E-state index contributed by atoms with van der Waals surface area (Å²) in [4.78, 5) is 0. The molecule has 0 N–H and O–H groups in total. The summed E-state index contributed by atoms with van der Waals surface area (Å²) >= 11 is 0. The number of rotatable bonds is 1. The Bertz CT molecular complexity index is 661. The number of benzene rings is 2. The lowest BCUT2D eigenvalue weighted by molar-refractivity contribution is 0.413.